The largest absolute Gasteiger partial charge is 0.488 e. The second kappa shape index (κ2) is 5.42. The number of hydrogen-bond acceptors (Lipinski definition) is 3. The van der Waals surface area contributed by atoms with Crippen LogP contribution >= 0.6 is 0 Å². The lowest BCUT2D eigenvalue weighted by atomic mass is 9.99. The van der Waals surface area contributed by atoms with Gasteiger partial charge in [0.1, 0.15) is 12.4 Å². The van der Waals surface area contributed by atoms with E-state index in [1.807, 2.05) is 42.5 Å². The van der Waals surface area contributed by atoms with Crippen LogP contribution < -0.4 is 10.5 Å². The molecule has 4 heteroatoms. The van der Waals surface area contributed by atoms with Crippen molar-refractivity contribution in [1.82, 2.24) is 0 Å². The van der Waals surface area contributed by atoms with E-state index >= 15 is 0 Å². The summed E-state index contributed by atoms with van der Waals surface area (Å²) in [5, 5.41) is 9.05. The van der Waals surface area contributed by atoms with Gasteiger partial charge in [-0.3, -0.25) is 0 Å². The molecule has 21 heavy (non-hydrogen) atoms. The second-order valence-electron chi connectivity index (χ2n) is 4.92. The lowest BCUT2D eigenvalue weighted by molar-refractivity contribution is -0.132. The number of carboxylic acids is 1. The van der Waals surface area contributed by atoms with Crippen molar-refractivity contribution in [2.45, 2.75) is 6.54 Å². The Morgan fingerprint density at radius 2 is 1.86 bits per heavy atom. The summed E-state index contributed by atoms with van der Waals surface area (Å²) in [7, 11) is 0. The maximum Gasteiger partial charge on any atom is 0.335 e. The number of nitrogens with two attached hydrogens (primary N) is 1. The van der Waals surface area contributed by atoms with Crippen LogP contribution in [-0.4, -0.2) is 17.7 Å². The third kappa shape index (κ3) is 2.66. The van der Waals surface area contributed by atoms with E-state index in [1.165, 1.54) is 0 Å². The fraction of sp³-hybridized carbons (Fsp3) is 0.118. The third-order valence-electron chi connectivity index (χ3n) is 3.52. The number of ether oxygens (including phenoxy) is 1. The van der Waals surface area contributed by atoms with Crippen molar-refractivity contribution < 1.29 is 14.6 Å². The van der Waals surface area contributed by atoms with Crippen LogP contribution in [0, 0.1) is 0 Å². The molecule has 0 fully saturated rings. The molecule has 1 heterocycles. The number of carbonyl (C=O) groups is 1. The van der Waals surface area contributed by atoms with Gasteiger partial charge in [-0.25, -0.2) is 4.79 Å². The number of carboxylic acid groups (broad SMARTS) is 1. The van der Waals surface area contributed by atoms with Crippen molar-refractivity contribution in [1.29, 1.82) is 0 Å². The quantitative estimate of drug-likeness (QED) is 0.907. The molecule has 0 radical (unpaired) electrons. The van der Waals surface area contributed by atoms with Crippen molar-refractivity contribution in [2.24, 2.45) is 5.73 Å². The maximum absolute atomic E-state index is 11.0. The van der Waals surface area contributed by atoms with Crippen LogP contribution in [0.2, 0.25) is 0 Å². The molecule has 0 unspecified atom stereocenters. The topological polar surface area (TPSA) is 72.6 Å². The summed E-state index contributed by atoms with van der Waals surface area (Å²) in [6.45, 7) is 0.621. The minimum Gasteiger partial charge on any atom is -0.488 e. The Morgan fingerprint density at radius 1 is 1.14 bits per heavy atom. The standard InChI is InChI=1S/C17H15NO3/c18-9-11-1-3-12(4-2-11)13-5-6-16-14(7-13)8-15(10-21-16)17(19)20/h1-8H,9-10,18H2,(H,19,20). The Bertz CT molecular complexity index is 717. The van der Waals surface area contributed by atoms with Gasteiger partial charge in [0, 0.05) is 12.1 Å². The fourth-order valence-electron chi connectivity index (χ4n) is 2.31. The third-order valence-corrected chi connectivity index (χ3v) is 3.52. The van der Waals surface area contributed by atoms with E-state index in [0.717, 1.165) is 22.3 Å². The Balaban J connectivity index is 1.99. The first kappa shape index (κ1) is 13.4. The first-order valence-electron chi connectivity index (χ1n) is 6.67. The molecule has 0 saturated heterocycles. The van der Waals surface area contributed by atoms with Crippen molar-refractivity contribution in [2.75, 3.05) is 6.61 Å². The summed E-state index contributed by atoms with van der Waals surface area (Å²) in [6, 6.07) is 13.8. The molecular weight excluding hydrogens is 266 g/mol. The molecule has 0 atom stereocenters. The highest BCUT2D eigenvalue weighted by atomic mass is 16.5. The van der Waals surface area contributed by atoms with Gasteiger partial charge in [-0.15, -0.1) is 0 Å². The van der Waals surface area contributed by atoms with E-state index in [4.69, 9.17) is 15.6 Å². The molecule has 0 saturated carbocycles. The molecule has 3 N–H and O–H groups in total. The van der Waals surface area contributed by atoms with E-state index in [2.05, 4.69) is 0 Å². The van der Waals surface area contributed by atoms with Gasteiger partial charge in [0.25, 0.3) is 0 Å². The summed E-state index contributed by atoms with van der Waals surface area (Å²) >= 11 is 0. The Morgan fingerprint density at radius 3 is 2.52 bits per heavy atom. The number of benzene rings is 2. The summed E-state index contributed by atoms with van der Waals surface area (Å²) in [5.74, 6) is -0.235. The Labute approximate surface area is 122 Å². The van der Waals surface area contributed by atoms with Crippen LogP contribution in [-0.2, 0) is 11.3 Å². The second-order valence-corrected chi connectivity index (χ2v) is 4.92. The average Bonchev–Trinajstić information content (AvgIpc) is 2.54. The van der Waals surface area contributed by atoms with Crippen LogP contribution in [0.4, 0.5) is 0 Å². The van der Waals surface area contributed by atoms with Crippen molar-refractivity contribution in [3.05, 3.63) is 59.2 Å². The number of aliphatic carboxylic acids is 1. The summed E-state index contributed by atoms with van der Waals surface area (Å²) in [6.07, 6.45) is 1.67. The molecule has 2 aromatic rings. The van der Waals surface area contributed by atoms with Gasteiger partial charge in [-0.2, -0.15) is 0 Å². The van der Waals surface area contributed by atoms with Crippen molar-refractivity contribution in [3.8, 4) is 16.9 Å². The molecule has 1 aliphatic rings. The highest BCUT2D eigenvalue weighted by molar-refractivity contribution is 5.94. The van der Waals surface area contributed by atoms with Gasteiger partial charge in [-0.1, -0.05) is 30.3 Å². The van der Waals surface area contributed by atoms with Gasteiger partial charge in [-0.05, 0) is 34.9 Å². The minimum atomic E-state index is -0.946. The molecule has 0 bridgehead atoms. The monoisotopic (exact) mass is 281 g/mol. The normalized spacial score (nSPS) is 13.1. The van der Waals surface area contributed by atoms with Crippen LogP contribution in [0.5, 0.6) is 5.75 Å². The Hall–Kier alpha value is -2.59. The lowest BCUT2D eigenvalue weighted by Gasteiger charge is -2.16. The predicted molar refractivity (Wildman–Crippen MR) is 80.9 cm³/mol. The van der Waals surface area contributed by atoms with Gasteiger partial charge in [0.05, 0.1) is 5.57 Å². The SMILES string of the molecule is NCc1ccc(-c2ccc3c(c2)C=C(C(=O)O)CO3)cc1. The lowest BCUT2D eigenvalue weighted by Crippen LogP contribution is -2.14. The summed E-state index contributed by atoms with van der Waals surface area (Å²) < 4.78 is 5.46. The van der Waals surface area contributed by atoms with Crippen molar-refractivity contribution in [3.63, 3.8) is 0 Å². The molecule has 0 spiro atoms. The van der Waals surface area contributed by atoms with Crippen LogP contribution in [0.3, 0.4) is 0 Å². The fourth-order valence-corrected chi connectivity index (χ4v) is 2.31. The van der Waals surface area contributed by atoms with E-state index in [0.29, 0.717) is 12.3 Å². The van der Waals surface area contributed by atoms with Gasteiger partial charge < -0.3 is 15.6 Å². The maximum atomic E-state index is 11.0. The first-order valence-corrected chi connectivity index (χ1v) is 6.67. The molecule has 0 amide bonds. The van der Waals surface area contributed by atoms with E-state index in [9.17, 15) is 4.79 Å². The highest BCUT2D eigenvalue weighted by Crippen LogP contribution is 2.31. The van der Waals surface area contributed by atoms with E-state index in [-0.39, 0.29) is 12.2 Å². The Kier molecular flexibility index (Phi) is 3.46. The molecule has 4 nitrogen and oxygen atoms in total. The zero-order valence-electron chi connectivity index (χ0n) is 11.4. The predicted octanol–water partition coefficient (Wildman–Crippen LogP) is 2.67. The van der Waals surface area contributed by atoms with E-state index in [1.54, 1.807) is 6.08 Å². The average molecular weight is 281 g/mol. The molecule has 3 rings (SSSR count). The highest BCUT2D eigenvalue weighted by Gasteiger charge is 2.16. The summed E-state index contributed by atoms with van der Waals surface area (Å²) in [5.41, 5.74) is 9.80. The van der Waals surface area contributed by atoms with Gasteiger partial charge >= 0.3 is 5.97 Å². The number of fused-ring (bicyclic) bond motifs is 1. The number of hydrogen-bond donors (Lipinski definition) is 2. The number of rotatable bonds is 3. The van der Waals surface area contributed by atoms with Crippen LogP contribution in [0.1, 0.15) is 11.1 Å². The van der Waals surface area contributed by atoms with Gasteiger partial charge in [0.2, 0.25) is 0 Å². The molecule has 0 aromatic heterocycles. The zero-order valence-corrected chi connectivity index (χ0v) is 11.4. The van der Waals surface area contributed by atoms with Gasteiger partial charge in [0.15, 0.2) is 0 Å². The molecule has 106 valence electrons. The first-order chi connectivity index (χ1) is 10.2. The molecular formula is C17H15NO3. The molecule has 2 aromatic carbocycles. The van der Waals surface area contributed by atoms with Crippen molar-refractivity contribution >= 4 is 12.0 Å². The molecule has 0 aliphatic carbocycles. The zero-order chi connectivity index (χ0) is 14.8. The minimum absolute atomic E-state index is 0.104. The van der Waals surface area contributed by atoms with Crippen LogP contribution in [0.25, 0.3) is 17.2 Å². The molecule has 1 aliphatic heterocycles. The smallest absolute Gasteiger partial charge is 0.335 e. The van der Waals surface area contributed by atoms with E-state index < -0.39 is 5.97 Å². The van der Waals surface area contributed by atoms with Crippen LogP contribution in [0.15, 0.2) is 48.0 Å². The summed E-state index contributed by atoms with van der Waals surface area (Å²) in [4.78, 5) is 11.0.